The van der Waals surface area contributed by atoms with Crippen molar-refractivity contribution >= 4 is 38.3 Å². The molecule has 0 bridgehead atoms. The Morgan fingerprint density at radius 2 is 2.06 bits per heavy atom. The Hall–Kier alpha value is -1.53. The van der Waals surface area contributed by atoms with Crippen molar-refractivity contribution in [3.63, 3.8) is 0 Å². The summed E-state index contributed by atoms with van der Waals surface area (Å²) in [5, 5.41) is 7.55. The third-order valence-electron chi connectivity index (χ3n) is 2.32. The highest BCUT2D eigenvalue weighted by Crippen LogP contribution is 2.10. The van der Waals surface area contributed by atoms with Crippen LogP contribution in [0.5, 0.6) is 0 Å². The summed E-state index contributed by atoms with van der Waals surface area (Å²) in [5.41, 5.74) is 0.917. The minimum Gasteiger partial charge on any atom is -0.267 e. The van der Waals surface area contributed by atoms with E-state index in [1.54, 1.807) is 0 Å². The summed E-state index contributed by atoms with van der Waals surface area (Å²) < 4.78 is 3.13. The van der Waals surface area contributed by atoms with Crippen LogP contribution < -0.4 is 10.1 Å². The van der Waals surface area contributed by atoms with Crippen molar-refractivity contribution in [2.45, 2.75) is 0 Å². The Balaban J connectivity index is 2.20. The average molecular weight is 308 g/mol. The first-order valence-corrected chi connectivity index (χ1v) is 6.45. The van der Waals surface area contributed by atoms with Crippen molar-refractivity contribution in [3.8, 4) is 0 Å². The lowest BCUT2D eigenvalue weighted by Crippen LogP contribution is -2.22. The van der Waals surface area contributed by atoms with E-state index in [9.17, 15) is 4.79 Å². The van der Waals surface area contributed by atoms with Gasteiger partial charge in [0.1, 0.15) is 6.33 Å². The second-order valence-corrected chi connectivity index (χ2v) is 5.38. The van der Waals surface area contributed by atoms with Gasteiger partial charge in [-0.15, -0.1) is 10.2 Å². The lowest BCUT2D eigenvalue weighted by Gasteiger charge is -1.91. The number of rotatable bonds is 1. The number of benzene rings is 1. The highest BCUT2D eigenvalue weighted by atomic mass is 79.9. The molecular weight excluding hydrogens is 302 g/mol. The van der Waals surface area contributed by atoms with E-state index < -0.39 is 0 Å². The monoisotopic (exact) mass is 307 g/mol. The fourth-order valence-corrected chi connectivity index (χ4v) is 2.65. The SMILES string of the molecule is O=c1/c(=C\c2ccc(Br)cc2)sc2nncn12. The van der Waals surface area contributed by atoms with Crippen molar-refractivity contribution < 1.29 is 0 Å². The molecule has 0 spiro atoms. The van der Waals surface area contributed by atoms with Gasteiger partial charge in [-0.3, -0.25) is 4.79 Å². The van der Waals surface area contributed by atoms with Gasteiger partial charge in [0.05, 0.1) is 4.53 Å². The zero-order valence-electron chi connectivity index (χ0n) is 8.50. The molecule has 0 saturated heterocycles. The molecule has 84 valence electrons. The van der Waals surface area contributed by atoms with Crippen molar-refractivity contribution in [1.82, 2.24) is 14.6 Å². The summed E-state index contributed by atoms with van der Waals surface area (Å²) >= 11 is 4.71. The normalized spacial score (nSPS) is 12.4. The summed E-state index contributed by atoms with van der Waals surface area (Å²) in [6, 6.07) is 7.78. The van der Waals surface area contributed by atoms with E-state index >= 15 is 0 Å². The van der Waals surface area contributed by atoms with Crippen LogP contribution in [0.3, 0.4) is 0 Å². The Morgan fingerprint density at radius 3 is 2.76 bits per heavy atom. The Kier molecular flexibility index (Phi) is 2.53. The molecule has 1 aromatic carbocycles. The fraction of sp³-hybridized carbons (Fsp3) is 0. The van der Waals surface area contributed by atoms with Crippen LogP contribution in [0.25, 0.3) is 11.0 Å². The molecule has 17 heavy (non-hydrogen) atoms. The molecule has 6 heteroatoms. The van der Waals surface area contributed by atoms with Crippen molar-refractivity contribution in [3.05, 3.63) is 55.5 Å². The largest absolute Gasteiger partial charge is 0.275 e. The predicted octanol–water partition coefficient (Wildman–Crippen LogP) is 1.46. The van der Waals surface area contributed by atoms with Crippen molar-refractivity contribution in [2.24, 2.45) is 0 Å². The molecular formula is C11H6BrN3OS. The van der Waals surface area contributed by atoms with E-state index in [0.29, 0.717) is 9.49 Å². The molecule has 0 saturated carbocycles. The zero-order valence-corrected chi connectivity index (χ0v) is 10.9. The molecule has 4 nitrogen and oxygen atoms in total. The number of hydrogen-bond acceptors (Lipinski definition) is 4. The van der Waals surface area contributed by atoms with Crippen LogP contribution in [0.2, 0.25) is 0 Å². The Bertz CT molecular complexity index is 775. The molecule has 2 aromatic heterocycles. The first-order chi connectivity index (χ1) is 8.24. The van der Waals surface area contributed by atoms with E-state index in [4.69, 9.17) is 0 Å². The average Bonchev–Trinajstić information content (AvgIpc) is 2.87. The minimum atomic E-state index is -0.0714. The summed E-state index contributed by atoms with van der Waals surface area (Å²) in [5.74, 6) is 0. The van der Waals surface area contributed by atoms with Gasteiger partial charge in [-0.2, -0.15) is 0 Å². The van der Waals surface area contributed by atoms with Gasteiger partial charge < -0.3 is 0 Å². The second-order valence-electron chi connectivity index (χ2n) is 3.45. The second kappa shape index (κ2) is 4.05. The highest BCUT2D eigenvalue weighted by molar-refractivity contribution is 9.10. The maximum absolute atomic E-state index is 11.9. The summed E-state index contributed by atoms with van der Waals surface area (Å²) in [4.78, 5) is 12.5. The van der Waals surface area contributed by atoms with E-state index in [-0.39, 0.29) is 5.56 Å². The van der Waals surface area contributed by atoms with E-state index in [1.807, 2.05) is 30.3 Å². The number of nitrogens with zero attached hydrogens (tertiary/aromatic N) is 3. The molecule has 0 aliphatic carbocycles. The molecule has 0 aliphatic heterocycles. The van der Waals surface area contributed by atoms with Gasteiger partial charge in [0.25, 0.3) is 5.56 Å². The lowest BCUT2D eigenvalue weighted by atomic mass is 10.2. The third kappa shape index (κ3) is 1.89. The topological polar surface area (TPSA) is 47.3 Å². The molecule has 0 unspecified atom stereocenters. The molecule has 2 heterocycles. The smallest absolute Gasteiger partial charge is 0.267 e. The van der Waals surface area contributed by atoms with Crippen molar-refractivity contribution in [2.75, 3.05) is 0 Å². The molecule has 0 N–H and O–H groups in total. The number of fused-ring (bicyclic) bond motifs is 1. The third-order valence-corrected chi connectivity index (χ3v) is 3.82. The quantitative estimate of drug-likeness (QED) is 0.684. The summed E-state index contributed by atoms with van der Waals surface area (Å²) in [7, 11) is 0. The standard InChI is InChI=1S/C11H6BrN3OS/c12-8-3-1-7(2-4-8)5-9-10(16)15-6-13-14-11(15)17-9/h1-6H/b9-5+. The first kappa shape index (κ1) is 10.6. The molecule has 0 fully saturated rings. The van der Waals surface area contributed by atoms with Gasteiger partial charge >= 0.3 is 0 Å². The molecule has 0 amide bonds. The van der Waals surface area contributed by atoms with E-state index in [2.05, 4.69) is 26.1 Å². The molecule has 3 aromatic rings. The van der Waals surface area contributed by atoms with Crippen LogP contribution >= 0.6 is 27.3 Å². The van der Waals surface area contributed by atoms with Gasteiger partial charge in [0.15, 0.2) is 0 Å². The van der Waals surface area contributed by atoms with Crippen LogP contribution in [-0.4, -0.2) is 14.6 Å². The summed E-state index contributed by atoms with van der Waals surface area (Å²) in [6.45, 7) is 0. The Labute approximate surface area is 108 Å². The lowest BCUT2D eigenvalue weighted by molar-refractivity contribution is 1.08. The molecule has 0 aliphatic rings. The van der Waals surface area contributed by atoms with E-state index in [1.165, 1.54) is 22.1 Å². The van der Waals surface area contributed by atoms with Gasteiger partial charge in [0, 0.05) is 4.47 Å². The minimum absolute atomic E-state index is 0.0714. The Morgan fingerprint density at radius 1 is 1.29 bits per heavy atom. The molecule has 0 atom stereocenters. The van der Waals surface area contributed by atoms with Gasteiger partial charge in [-0.05, 0) is 23.8 Å². The van der Waals surface area contributed by atoms with Crippen LogP contribution in [0.4, 0.5) is 0 Å². The maximum Gasteiger partial charge on any atom is 0.275 e. The predicted molar refractivity (Wildman–Crippen MR) is 70.1 cm³/mol. The molecule has 3 rings (SSSR count). The van der Waals surface area contributed by atoms with Crippen LogP contribution in [0, 0.1) is 0 Å². The van der Waals surface area contributed by atoms with Gasteiger partial charge in [-0.1, -0.05) is 39.4 Å². The van der Waals surface area contributed by atoms with Crippen LogP contribution in [0.15, 0.2) is 39.9 Å². The van der Waals surface area contributed by atoms with Crippen LogP contribution in [-0.2, 0) is 0 Å². The van der Waals surface area contributed by atoms with E-state index in [0.717, 1.165) is 10.0 Å². The zero-order chi connectivity index (χ0) is 11.8. The number of thiazole rings is 1. The first-order valence-electron chi connectivity index (χ1n) is 4.84. The van der Waals surface area contributed by atoms with Crippen LogP contribution in [0.1, 0.15) is 5.56 Å². The fourth-order valence-electron chi connectivity index (χ4n) is 1.50. The highest BCUT2D eigenvalue weighted by Gasteiger charge is 2.04. The van der Waals surface area contributed by atoms with Gasteiger partial charge in [0.2, 0.25) is 4.96 Å². The summed E-state index contributed by atoms with van der Waals surface area (Å²) in [6.07, 6.45) is 3.29. The maximum atomic E-state index is 11.9. The molecule has 0 radical (unpaired) electrons. The van der Waals surface area contributed by atoms with Crippen molar-refractivity contribution in [1.29, 1.82) is 0 Å². The number of aromatic nitrogens is 3. The number of halogens is 1. The number of hydrogen-bond donors (Lipinski definition) is 0. The van der Waals surface area contributed by atoms with Gasteiger partial charge in [-0.25, -0.2) is 4.40 Å².